The first-order chi connectivity index (χ1) is 9.74. The molecule has 3 heteroatoms. The maximum Gasteiger partial charge on any atom is 0.0499 e. The van der Waals surface area contributed by atoms with Crippen LogP contribution in [-0.2, 0) is 6.42 Å². The van der Waals surface area contributed by atoms with Gasteiger partial charge in [0.05, 0.1) is 0 Å². The van der Waals surface area contributed by atoms with E-state index in [9.17, 15) is 5.11 Å². The van der Waals surface area contributed by atoms with Gasteiger partial charge in [-0.05, 0) is 43.2 Å². The number of hydrogen-bond donors (Lipinski definition) is 1. The Hall–Kier alpha value is -0.380. The van der Waals surface area contributed by atoms with Crippen LogP contribution in [0.2, 0.25) is 0 Å². The Bertz CT molecular complexity index is 434. The van der Waals surface area contributed by atoms with E-state index in [0.29, 0.717) is 12.6 Å². The highest BCUT2D eigenvalue weighted by Gasteiger charge is 2.35. The molecule has 1 aromatic heterocycles. The Morgan fingerprint density at radius 2 is 2.05 bits per heavy atom. The minimum atomic E-state index is 0.165. The summed E-state index contributed by atoms with van der Waals surface area (Å²) in [7, 11) is 0. The fourth-order valence-corrected chi connectivity index (χ4v) is 5.02. The van der Waals surface area contributed by atoms with Crippen LogP contribution in [0.25, 0.3) is 0 Å². The highest BCUT2D eigenvalue weighted by Crippen LogP contribution is 2.39. The molecule has 0 amide bonds. The van der Waals surface area contributed by atoms with Crippen molar-refractivity contribution in [1.29, 1.82) is 0 Å². The standard InChI is InChI=1S/C17H27NOS/c1-14-15-7-11-20-16(15)6-10-18(14)12-17(13-19)8-4-2-3-5-9-17/h7,11,14,19H,2-6,8-10,12-13H2,1H3. The molecule has 2 heterocycles. The van der Waals surface area contributed by atoms with Gasteiger partial charge >= 0.3 is 0 Å². The Balaban J connectivity index is 1.73. The van der Waals surface area contributed by atoms with Crippen molar-refractivity contribution in [3.8, 4) is 0 Å². The first kappa shape index (κ1) is 14.6. The molecule has 1 aliphatic carbocycles. The first-order valence-electron chi connectivity index (χ1n) is 8.15. The van der Waals surface area contributed by atoms with Gasteiger partial charge in [-0.3, -0.25) is 4.90 Å². The lowest BCUT2D eigenvalue weighted by atomic mass is 9.79. The molecule has 1 fully saturated rings. The van der Waals surface area contributed by atoms with Crippen molar-refractivity contribution < 1.29 is 5.11 Å². The van der Waals surface area contributed by atoms with Crippen LogP contribution in [0.5, 0.6) is 0 Å². The predicted octanol–water partition coefficient (Wildman–Crippen LogP) is 4.00. The van der Waals surface area contributed by atoms with Crippen LogP contribution in [0.4, 0.5) is 0 Å². The number of hydrogen-bond acceptors (Lipinski definition) is 3. The lowest BCUT2D eigenvalue weighted by molar-refractivity contribution is 0.0413. The van der Waals surface area contributed by atoms with Gasteiger partial charge in [-0.2, -0.15) is 0 Å². The molecular weight excluding hydrogens is 266 g/mol. The number of fused-ring (bicyclic) bond motifs is 1. The Morgan fingerprint density at radius 1 is 1.30 bits per heavy atom. The van der Waals surface area contributed by atoms with Gasteiger partial charge in [-0.15, -0.1) is 11.3 Å². The molecule has 20 heavy (non-hydrogen) atoms. The molecule has 0 spiro atoms. The zero-order valence-corrected chi connectivity index (χ0v) is 13.4. The molecule has 1 unspecified atom stereocenters. The van der Waals surface area contributed by atoms with E-state index in [-0.39, 0.29) is 5.41 Å². The summed E-state index contributed by atoms with van der Waals surface area (Å²) in [6.45, 7) is 4.95. The highest BCUT2D eigenvalue weighted by molar-refractivity contribution is 7.10. The maximum atomic E-state index is 10.0. The molecular formula is C17H27NOS. The van der Waals surface area contributed by atoms with Crippen LogP contribution in [0, 0.1) is 5.41 Å². The molecule has 0 radical (unpaired) electrons. The molecule has 1 aromatic rings. The van der Waals surface area contributed by atoms with Crippen molar-refractivity contribution >= 4 is 11.3 Å². The van der Waals surface area contributed by atoms with E-state index in [2.05, 4.69) is 23.3 Å². The van der Waals surface area contributed by atoms with E-state index in [4.69, 9.17) is 0 Å². The van der Waals surface area contributed by atoms with Crippen molar-refractivity contribution in [1.82, 2.24) is 4.90 Å². The third kappa shape index (κ3) is 2.81. The quantitative estimate of drug-likeness (QED) is 0.852. The monoisotopic (exact) mass is 293 g/mol. The van der Waals surface area contributed by atoms with Crippen molar-refractivity contribution in [3.05, 3.63) is 21.9 Å². The van der Waals surface area contributed by atoms with Crippen molar-refractivity contribution in [3.63, 3.8) is 0 Å². The van der Waals surface area contributed by atoms with E-state index in [1.807, 2.05) is 11.3 Å². The minimum absolute atomic E-state index is 0.165. The summed E-state index contributed by atoms with van der Waals surface area (Å²) >= 11 is 1.91. The molecule has 1 N–H and O–H groups in total. The van der Waals surface area contributed by atoms with Crippen LogP contribution >= 0.6 is 11.3 Å². The van der Waals surface area contributed by atoms with Crippen molar-refractivity contribution in [2.75, 3.05) is 19.7 Å². The molecule has 1 saturated carbocycles. The van der Waals surface area contributed by atoms with Crippen LogP contribution in [-0.4, -0.2) is 29.7 Å². The number of aliphatic hydroxyl groups excluding tert-OH is 1. The second-order valence-electron chi connectivity index (χ2n) is 6.77. The average molecular weight is 293 g/mol. The summed E-state index contributed by atoms with van der Waals surface area (Å²) in [5.74, 6) is 0. The van der Waals surface area contributed by atoms with E-state index in [1.54, 1.807) is 4.88 Å². The third-order valence-corrected chi connectivity index (χ3v) is 6.44. The number of aliphatic hydroxyl groups is 1. The third-order valence-electron chi connectivity index (χ3n) is 5.44. The zero-order chi connectivity index (χ0) is 14.0. The minimum Gasteiger partial charge on any atom is -0.396 e. The Morgan fingerprint density at radius 3 is 2.75 bits per heavy atom. The molecule has 0 aromatic carbocycles. The van der Waals surface area contributed by atoms with Crippen molar-refractivity contribution in [2.45, 2.75) is 57.9 Å². The van der Waals surface area contributed by atoms with Gasteiger partial charge in [-0.1, -0.05) is 25.7 Å². The summed E-state index contributed by atoms with van der Waals surface area (Å²) < 4.78 is 0. The lowest BCUT2D eigenvalue weighted by Gasteiger charge is -2.41. The van der Waals surface area contributed by atoms with E-state index in [0.717, 1.165) is 13.1 Å². The molecule has 2 aliphatic rings. The summed E-state index contributed by atoms with van der Waals surface area (Å²) in [4.78, 5) is 4.20. The van der Waals surface area contributed by atoms with E-state index < -0.39 is 0 Å². The predicted molar refractivity (Wildman–Crippen MR) is 85.2 cm³/mol. The summed E-state index contributed by atoms with van der Waals surface area (Å²) in [6.07, 6.45) is 8.92. The molecule has 3 rings (SSSR count). The number of thiophene rings is 1. The van der Waals surface area contributed by atoms with Gasteiger partial charge in [0.1, 0.15) is 0 Å². The topological polar surface area (TPSA) is 23.5 Å². The summed E-state index contributed by atoms with van der Waals surface area (Å²) in [5, 5.41) is 12.2. The largest absolute Gasteiger partial charge is 0.396 e. The fraction of sp³-hybridized carbons (Fsp3) is 0.765. The summed E-state index contributed by atoms with van der Waals surface area (Å²) in [5.41, 5.74) is 1.70. The average Bonchev–Trinajstić information content (AvgIpc) is 2.83. The lowest BCUT2D eigenvalue weighted by Crippen LogP contribution is -2.43. The molecule has 0 bridgehead atoms. The van der Waals surface area contributed by atoms with Crippen LogP contribution in [0.15, 0.2) is 11.4 Å². The SMILES string of the molecule is CC1c2ccsc2CCN1CC1(CO)CCCCCC1. The molecule has 112 valence electrons. The molecule has 0 saturated heterocycles. The van der Waals surface area contributed by atoms with Gasteiger partial charge in [-0.25, -0.2) is 0 Å². The highest BCUT2D eigenvalue weighted by atomic mass is 32.1. The Kier molecular flexibility index (Phi) is 4.49. The van der Waals surface area contributed by atoms with Gasteiger partial charge in [0.2, 0.25) is 0 Å². The normalized spacial score (nSPS) is 27.0. The van der Waals surface area contributed by atoms with Gasteiger partial charge in [0.25, 0.3) is 0 Å². The molecule has 2 nitrogen and oxygen atoms in total. The molecule has 1 atom stereocenters. The zero-order valence-electron chi connectivity index (χ0n) is 12.6. The molecule has 1 aliphatic heterocycles. The van der Waals surface area contributed by atoms with E-state index in [1.165, 1.54) is 50.5 Å². The van der Waals surface area contributed by atoms with Crippen LogP contribution in [0.3, 0.4) is 0 Å². The second kappa shape index (κ2) is 6.17. The summed E-state index contributed by atoms with van der Waals surface area (Å²) in [6, 6.07) is 2.83. The van der Waals surface area contributed by atoms with Crippen molar-refractivity contribution in [2.24, 2.45) is 5.41 Å². The number of nitrogens with zero attached hydrogens (tertiary/aromatic N) is 1. The van der Waals surface area contributed by atoms with Crippen LogP contribution in [0.1, 0.15) is 61.9 Å². The van der Waals surface area contributed by atoms with Gasteiger partial charge in [0.15, 0.2) is 0 Å². The van der Waals surface area contributed by atoms with Crippen LogP contribution < -0.4 is 0 Å². The van der Waals surface area contributed by atoms with E-state index >= 15 is 0 Å². The first-order valence-corrected chi connectivity index (χ1v) is 9.03. The van der Waals surface area contributed by atoms with Gasteiger partial charge < -0.3 is 5.11 Å². The maximum absolute atomic E-state index is 10.0. The Labute approximate surface area is 126 Å². The fourth-order valence-electron chi connectivity index (χ4n) is 4.05. The second-order valence-corrected chi connectivity index (χ2v) is 7.77. The smallest absolute Gasteiger partial charge is 0.0499 e. The van der Waals surface area contributed by atoms with Gasteiger partial charge in [0, 0.05) is 36.0 Å². The number of rotatable bonds is 3.